The summed E-state index contributed by atoms with van der Waals surface area (Å²) in [7, 11) is 1.58. The Morgan fingerprint density at radius 2 is 2.28 bits per heavy atom. The second-order valence-corrected chi connectivity index (χ2v) is 4.30. The van der Waals surface area contributed by atoms with E-state index in [0.29, 0.717) is 5.75 Å². The van der Waals surface area contributed by atoms with Gasteiger partial charge in [0.1, 0.15) is 11.8 Å². The predicted octanol–water partition coefficient (Wildman–Crippen LogP) is 1.44. The van der Waals surface area contributed by atoms with Crippen molar-refractivity contribution in [2.75, 3.05) is 7.11 Å². The topological polar surface area (TPSA) is 88.3 Å². The van der Waals surface area contributed by atoms with Crippen molar-refractivity contribution < 1.29 is 14.6 Å². The van der Waals surface area contributed by atoms with Gasteiger partial charge < -0.3 is 20.6 Å². The zero-order chi connectivity index (χ0) is 13.3. The number of carboxylic acid groups (broad SMARTS) is 1. The first kappa shape index (κ1) is 12.4. The average molecular weight is 248 g/mol. The van der Waals surface area contributed by atoms with Gasteiger partial charge in [-0.15, -0.1) is 0 Å². The Labute approximate surface area is 105 Å². The van der Waals surface area contributed by atoms with E-state index in [9.17, 15) is 4.79 Å². The Morgan fingerprint density at radius 1 is 1.56 bits per heavy atom. The van der Waals surface area contributed by atoms with Crippen LogP contribution in [0.4, 0.5) is 0 Å². The number of nitrogens with one attached hydrogen (secondary N) is 1. The molecule has 1 heterocycles. The molecule has 1 aromatic carbocycles. The Kier molecular flexibility index (Phi) is 3.25. The lowest BCUT2D eigenvalue weighted by Crippen LogP contribution is -2.32. The number of nitrogens with two attached hydrogens (primary N) is 1. The zero-order valence-corrected chi connectivity index (χ0v) is 10.4. The molecule has 5 nitrogen and oxygen atoms in total. The van der Waals surface area contributed by atoms with Crippen molar-refractivity contribution in [3.63, 3.8) is 0 Å². The molecule has 1 atom stereocenters. The van der Waals surface area contributed by atoms with Crippen LogP contribution in [-0.2, 0) is 11.2 Å². The summed E-state index contributed by atoms with van der Waals surface area (Å²) in [5.41, 5.74) is 8.41. The molecule has 1 unspecified atom stereocenters. The van der Waals surface area contributed by atoms with Crippen LogP contribution in [0, 0.1) is 6.92 Å². The Balaban J connectivity index is 2.50. The molecule has 0 saturated heterocycles. The maximum atomic E-state index is 10.8. The van der Waals surface area contributed by atoms with Gasteiger partial charge in [0, 0.05) is 23.5 Å². The van der Waals surface area contributed by atoms with Crippen LogP contribution in [0.1, 0.15) is 11.1 Å². The van der Waals surface area contributed by atoms with E-state index in [4.69, 9.17) is 15.6 Å². The van der Waals surface area contributed by atoms with Crippen LogP contribution in [-0.4, -0.2) is 29.2 Å². The molecular weight excluding hydrogens is 232 g/mol. The summed E-state index contributed by atoms with van der Waals surface area (Å²) in [4.78, 5) is 14.0. The van der Waals surface area contributed by atoms with E-state index in [-0.39, 0.29) is 6.42 Å². The number of ether oxygens (including phenoxy) is 1. The predicted molar refractivity (Wildman–Crippen MR) is 68.9 cm³/mol. The number of aliphatic carboxylic acids is 1. The molecule has 2 rings (SSSR count). The highest BCUT2D eigenvalue weighted by atomic mass is 16.5. The molecular formula is C13H16N2O3. The fraction of sp³-hybridized carbons (Fsp3) is 0.308. The number of fused-ring (bicyclic) bond motifs is 1. The van der Waals surface area contributed by atoms with Gasteiger partial charge in [-0.25, -0.2) is 0 Å². The number of methoxy groups -OCH3 is 1. The first-order chi connectivity index (χ1) is 8.54. The monoisotopic (exact) mass is 248 g/mol. The van der Waals surface area contributed by atoms with Crippen LogP contribution in [0.2, 0.25) is 0 Å². The summed E-state index contributed by atoms with van der Waals surface area (Å²) in [6.45, 7) is 1.97. The first-order valence-corrected chi connectivity index (χ1v) is 5.66. The number of rotatable bonds is 4. The maximum Gasteiger partial charge on any atom is 0.320 e. The fourth-order valence-electron chi connectivity index (χ4n) is 2.11. The minimum absolute atomic E-state index is 0.249. The lowest BCUT2D eigenvalue weighted by molar-refractivity contribution is -0.138. The third kappa shape index (κ3) is 2.04. The van der Waals surface area contributed by atoms with Crippen LogP contribution in [0.5, 0.6) is 5.75 Å². The molecule has 0 saturated carbocycles. The molecule has 4 N–H and O–H groups in total. The van der Waals surface area contributed by atoms with Gasteiger partial charge in [0.15, 0.2) is 0 Å². The SMILES string of the molecule is COc1c(CC(N)C(=O)O)ccc2[nH]cc(C)c12. The highest BCUT2D eigenvalue weighted by Gasteiger charge is 2.17. The summed E-state index contributed by atoms with van der Waals surface area (Å²) < 4.78 is 5.41. The smallest absolute Gasteiger partial charge is 0.320 e. The number of hydrogen-bond acceptors (Lipinski definition) is 3. The molecule has 0 aliphatic rings. The van der Waals surface area contributed by atoms with Gasteiger partial charge in [0.25, 0.3) is 0 Å². The summed E-state index contributed by atoms with van der Waals surface area (Å²) in [6, 6.07) is 2.84. The molecule has 0 bridgehead atoms. The van der Waals surface area contributed by atoms with Crippen LogP contribution in [0.3, 0.4) is 0 Å². The summed E-state index contributed by atoms with van der Waals surface area (Å²) in [6.07, 6.45) is 2.15. The Bertz CT molecular complexity index is 589. The molecule has 1 aromatic heterocycles. The van der Waals surface area contributed by atoms with Crippen LogP contribution < -0.4 is 10.5 Å². The number of aryl methyl sites for hydroxylation is 1. The molecule has 0 aliphatic carbocycles. The van der Waals surface area contributed by atoms with Gasteiger partial charge >= 0.3 is 5.97 Å². The van der Waals surface area contributed by atoms with Crippen molar-refractivity contribution in [1.82, 2.24) is 4.98 Å². The molecule has 0 spiro atoms. The second-order valence-electron chi connectivity index (χ2n) is 4.30. The minimum atomic E-state index is -1.01. The van der Waals surface area contributed by atoms with Crippen molar-refractivity contribution in [1.29, 1.82) is 0 Å². The van der Waals surface area contributed by atoms with Crippen LogP contribution in [0.15, 0.2) is 18.3 Å². The molecule has 0 aliphatic heterocycles. The molecule has 18 heavy (non-hydrogen) atoms. The normalized spacial score (nSPS) is 12.6. The third-order valence-electron chi connectivity index (χ3n) is 3.04. The van der Waals surface area contributed by atoms with Gasteiger partial charge in [-0.1, -0.05) is 6.07 Å². The lowest BCUT2D eigenvalue weighted by atomic mass is 10.0. The van der Waals surface area contributed by atoms with Crippen molar-refractivity contribution in [3.05, 3.63) is 29.5 Å². The summed E-state index contributed by atoms with van der Waals surface area (Å²) >= 11 is 0. The van der Waals surface area contributed by atoms with Crippen molar-refractivity contribution >= 4 is 16.9 Å². The number of aromatic nitrogens is 1. The molecule has 5 heteroatoms. The quantitative estimate of drug-likeness (QED) is 0.763. The lowest BCUT2D eigenvalue weighted by Gasteiger charge is -2.12. The molecule has 0 fully saturated rings. The number of carboxylic acids is 1. The standard InChI is InChI=1S/C13H16N2O3/c1-7-6-15-10-4-3-8(5-9(14)13(16)17)12(18-2)11(7)10/h3-4,6,9,15H,5,14H2,1-2H3,(H,16,17). The molecule has 0 radical (unpaired) electrons. The van der Waals surface area contributed by atoms with Gasteiger partial charge in [-0.3, -0.25) is 4.79 Å². The first-order valence-electron chi connectivity index (χ1n) is 5.66. The molecule has 2 aromatic rings. The van der Waals surface area contributed by atoms with Gasteiger partial charge in [0.2, 0.25) is 0 Å². The minimum Gasteiger partial charge on any atom is -0.496 e. The van der Waals surface area contributed by atoms with Crippen molar-refractivity contribution in [2.45, 2.75) is 19.4 Å². The van der Waals surface area contributed by atoms with E-state index in [1.807, 2.05) is 25.3 Å². The Morgan fingerprint density at radius 3 is 2.89 bits per heavy atom. The number of aromatic amines is 1. The highest BCUT2D eigenvalue weighted by molar-refractivity contribution is 5.90. The summed E-state index contributed by atoms with van der Waals surface area (Å²) in [5.74, 6) is -0.314. The van der Waals surface area contributed by atoms with E-state index < -0.39 is 12.0 Å². The van der Waals surface area contributed by atoms with Crippen LogP contribution in [0.25, 0.3) is 10.9 Å². The third-order valence-corrected chi connectivity index (χ3v) is 3.04. The van der Waals surface area contributed by atoms with Gasteiger partial charge in [-0.2, -0.15) is 0 Å². The van der Waals surface area contributed by atoms with Gasteiger partial charge in [-0.05, 0) is 24.1 Å². The molecule has 0 amide bonds. The Hall–Kier alpha value is -2.01. The number of carbonyl (C=O) groups is 1. The maximum absolute atomic E-state index is 10.8. The number of hydrogen-bond donors (Lipinski definition) is 3. The molecule has 96 valence electrons. The fourth-order valence-corrected chi connectivity index (χ4v) is 2.11. The largest absolute Gasteiger partial charge is 0.496 e. The van der Waals surface area contributed by atoms with Crippen molar-refractivity contribution in [2.24, 2.45) is 5.73 Å². The second kappa shape index (κ2) is 4.70. The van der Waals surface area contributed by atoms with Crippen molar-refractivity contribution in [3.8, 4) is 5.75 Å². The summed E-state index contributed by atoms with van der Waals surface area (Å²) in [5, 5.41) is 9.84. The van der Waals surface area contributed by atoms with E-state index in [0.717, 1.165) is 22.0 Å². The van der Waals surface area contributed by atoms with E-state index in [1.165, 1.54) is 0 Å². The number of benzene rings is 1. The van der Waals surface area contributed by atoms with E-state index in [2.05, 4.69) is 4.98 Å². The number of H-pyrrole nitrogens is 1. The van der Waals surface area contributed by atoms with Crippen LogP contribution >= 0.6 is 0 Å². The zero-order valence-electron chi connectivity index (χ0n) is 10.4. The average Bonchev–Trinajstić information content (AvgIpc) is 2.71. The highest BCUT2D eigenvalue weighted by Crippen LogP contribution is 2.32. The van der Waals surface area contributed by atoms with Gasteiger partial charge in [0.05, 0.1) is 7.11 Å². The van der Waals surface area contributed by atoms with E-state index >= 15 is 0 Å². The van der Waals surface area contributed by atoms with E-state index in [1.54, 1.807) is 7.11 Å².